The fourth-order valence-corrected chi connectivity index (χ4v) is 3.16. The average Bonchev–Trinajstić information content (AvgIpc) is 2.88. The van der Waals surface area contributed by atoms with Gasteiger partial charge in [0.05, 0.1) is 12.0 Å². The monoisotopic (exact) mass is 299 g/mol. The molecular weight excluding hydrogens is 282 g/mol. The summed E-state index contributed by atoms with van der Waals surface area (Å²) < 4.78 is 25.1. The Morgan fingerprint density at radius 1 is 1.45 bits per heavy atom. The van der Waals surface area contributed by atoms with E-state index in [1.165, 1.54) is 20.2 Å². The number of anilines is 1. The molecule has 0 fully saturated rings. The minimum Gasteiger partial charge on any atom is -0.341 e. The Morgan fingerprint density at radius 2 is 2.15 bits per heavy atom. The smallest absolute Gasteiger partial charge is 0.321 e. The first-order valence-corrected chi connectivity index (χ1v) is 7.51. The second kappa shape index (κ2) is 5.39. The second-order valence-corrected chi connectivity index (χ2v) is 6.28. The summed E-state index contributed by atoms with van der Waals surface area (Å²) in [6, 6.07) is 4.51. The molecule has 0 bridgehead atoms. The summed E-state index contributed by atoms with van der Waals surface area (Å²) in [5.74, 6) is 0. The summed E-state index contributed by atoms with van der Waals surface area (Å²) in [7, 11) is 0.523. The Kier molecular flexibility index (Phi) is 3.98. The number of nitrogens with one attached hydrogen (secondary N) is 1. The fraction of sp³-hybridized carbons (Fsp3) is 0.417. The number of carbonyl (C=O) groups excluding carboxylic acids is 1. The molecule has 1 aromatic carbocycles. The number of carbonyl (C=O) groups is 1. The molecule has 0 unspecified atom stereocenters. The van der Waals surface area contributed by atoms with E-state index in [1.54, 1.807) is 24.1 Å². The molecule has 0 aromatic heterocycles. The Bertz CT molecular complexity index is 630. The summed E-state index contributed by atoms with van der Waals surface area (Å²) in [6.45, 7) is 0.540. The number of urea groups is 1. The Morgan fingerprint density at radius 3 is 2.75 bits per heavy atom. The van der Waals surface area contributed by atoms with Crippen molar-refractivity contribution in [2.45, 2.75) is 11.3 Å². The van der Waals surface area contributed by atoms with Crippen LogP contribution in [0, 0.1) is 0 Å². The zero-order valence-electron chi connectivity index (χ0n) is 11.6. The molecule has 20 heavy (non-hydrogen) atoms. The molecule has 0 saturated heterocycles. The van der Waals surface area contributed by atoms with E-state index in [0.29, 0.717) is 13.0 Å². The van der Waals surface area contributed by atoms with E-state index < -0.39 is 10.0 Å². The third-order valence-electron chi connectivity index (χ3n) is 3.30. The van der Waals surface area contributed by atoms with Gasteiger partial charge in [-0.25, -0.2) is 13.2 Å². The van der Waals surface area contributed by atoms with Crippen LogP contribution in [0.1, 0.15) is 5.56 Å². The Hall–Kier alpha value is -1.64. The number of amides is 2. The van der Waals surface area contributed by atoms with Gasteiger partial charge < -0.3 is 5.32 Å². The highest BCUT2D eigenvalue weighted by Crippen LogP contribution is 2.30. The van der Waals surface area contributed by atoms with Crippen LogP contribution in [-0.2, 0) is 21.3 Å². The van der Waals surface area contributed by atoms with E-state index in [-0.39, 0.29) is 10.9 Å². The fourth-order valence-electron chi connectivity index (χ4n) is 2.13. The lowest BCUT2D eigenvalue weighted by atomic mass is 10.2. The Balaban J connectivity index is 2.38. The predicted molar refractivity (Wildman–Crippen MR) is 73.9 cm³/mol. The molecule has 7 nitrogen and oxygen atoms in total. The number of benzene rings is 1. The van der Waals surface area contributed by atoms with Crippen LogP contribution in [0.25, 0.3) is 0 Å². The number of hydroxylamine groups is 1. The molecule has 0 saturated carbocycles. The summed E-state index contributed by atoms with van der Waals surface area (Å²) in [5.41, 5.74) is 1.57. The molecule has 0 aliphatic carbocycles. The maximum Gasteiger partial charge on any atom is 0.321 e. The zero-order chi connectivity index (χ0) is 14.9. The maximum atomic E-state index is 12.1. The van der Waals surface area contributed by atoms with Crippen molar-refractivity contribution < 1.29 is 18.0 Å². The summed E-state index contributed by atoms with van der Waals surface area (Å²) >= 11 is 0. The maximum absolute atomic E-state index is 12.1. The van der Waals surface area contributed by atoms with E-state index in [2.05, 4.69) is 5.32 Å². The van der Waals surface area contributed by atoms with Crippen molar-refractivity contribution in [1.82, 2.24) is 9.79 Å². The van der Waals surface area contributed by atoms with Gasteiger partial charge in [0.25, 0.3) is 10.0 Å². The lowest BCUT2D eigenvalue weighted by molar-refractivity contribution is -0.0258. The molecule has 0 spiro atoms. The van der Waals surface area contributed by atoms with Gasteiger partial charge in [-0.1, -0.05) is 4.47 Å². The number of fused-ring (bicyclic) bond motifs is 1. The van der Waals surface area contributed by atoms with Gasteiger partial charge in [-0.2, -0.15) is 0 Å². The highest BCUT2D eigenvalue weighted by molar-refractivity contribution is 7.89. The van der Waals surface area contributed by atoms with Gasteiger partial charge in [0.15, 0.2) is 0 Å². The number of nitrogens with zero attached hydrogens (tertiary/aromatic N) is 2. The van der Waals surface area contributed by atoms with Crippen LogP contribution in [0.3, 0.4) is 0 Å². The van der Waals surface area contributed by atoms with Crippen molar-refractivity contribution in [3.8, 4) is 0 Å². The van der Waals surface area contributed by atoms with Crippen molar-refractivity contribution in [3.05, 3.63) is 23.8 Å². The molecule has 1 aliphatic heterocycles. The lowest BCUT2D eigenvalue weighted by Crippen LogP contribution is -2.36. The average molecular weight is 299 g/mol. The highest BCUT2D eigenvalue weighted by Gasteiger charge is 2.27. The van der Waals surface area contributed by atoms with Gasteiger partial charge in [-0.05, 0) is 30.2 Å². The minimum absolute atomic E-state index is 0.152. The van der Waals surface area contributed by atoms with Crippen molar-refractivity contribution in [3.63, 3.8) is 0 Å². The third kappa shape index (κ3) is 2.37. The van der Waals surface area contributed by atoms with E-state index in [9.17, 15) is 13.2 Å². The van der Waals surface area contributed by atoms with Gasteiger partial charge in [-0.3, -0.25) is 9.74 Å². The van der Waals surface area contributed by atoms with Gasteiger partial charge in [0.1, 0.15) is 0 Å². The first kappa shape index (κ1) is 14.8. The normalized spacial score (nSPS) is 14.5. The van der Waals surface area contributed by atoms with Crippen LogP contribution in [0.5, 0.6) is 0 Å². The van der Waals surface area contributed by atoms with E-state index in [1.807, 2.05) is 0 Å². The molecule has 2 amide bonds. The predicted octanol–water partition coefficient (Wildman–Crippen LogP) is 0.570. The topological polar surface area (TPSA) is 79.0 Å². The summed E-state index contributed by atoms with van der Waals surface area (Å²) in [4.78, 5) is 18.2. The first-order chi connectivity index (χ1) is 9.41. The molecule has 1 N–H and O–H groups in total. The Labute approximate surface area is 118 Å². The standard InChI is InChI=1S/C12H17N3O4S/c1-13-12(16)15-7-6-9-8-10(4-5-11(9)15)20(17,18)14(2)19-3/h4-5,8H,6-7H2,1-3H3,(H,13,16). The van der Waals surface area contributed by atoms with Gasteiger partial charge >= 0.3 is 6.03 Å². The lowest BCUT2D eigenvalue weighted by Gasteiger charge is -2.17. The van der Waals surface area contributed by atoms with Crippen LogP contribution < -0.4 is 10.2 Å². The van der Waals surface area contributed by atoms with Gasteiger partial charge in [-0.15, -0.1) is 0 Å². The van der Waals surface area contributed by atoms with Crippen molar-refractivity contribution in [2.75, 3.05) is 32.6 Å². The second-order valence-electron chi connectivity index (χ2n) is 4.34. The van der Waals surface area contributed by atoms with Crippen molar-refractivity contribution in [1.29, 1.82) is 0 Å². The molecule has 1 aliphatic rings. The summed E-state index contributed by atoms with van der Waals surface area (Å²) in [6.07, 6.45) is 0.628. The number of hydrogen-bond donors (Lipinski definition) is 1. The highest BCUT2D eigenvalue weighted by atomic mass is 32.2. The first-order valence-electron chi connectivity index (χ1n) is 6.07. The quantitative estimate of drug-likeness (QED) is 0.828. The summed E-state index contributed by atoms with van der Waals surface area (Å²) in [5, 5.41) is 2.56. The molecular formula is C12H17N3O4S. The van der Waals surface area contributed by atoms with Crippen molar-refractivity contribution >= 4 is 21.7 Å². The number of sulfonamides is 1. The van der Waals surface area contributed by atoms with Crippen LogP contribution in [0.2, 0.25) is 0 Å². The van der Waals surface area contributed by atoms with Crippen molar-refractivity contribution in [2.24, 2.45) is 0 Å². The SMILES string of the molecule is CNC(=O)N1CCc2cc(S(=O)(=O)N(C)OC)ccc21. The largest absolute Gasteiger partial charge is 0.341 e. The van der Waals surface area contributed by atoms with Crippen LogP contribution >= 0.6 is 0 Å². The molecule has 8 heteroatoms. The van der Waals surface area contributed by atoms with E-state index in [0.717, 1.165) is 15.7 Å². The molecule has 110 valence electrons. The molecule has 0 atom stereocenters. The molecule has 0 radical (unpaired) electrons. The van der Waals surface area contributed by atoms with Gasteiger partial charge in [0.2, 0.25) is 0 Å². The zero-order valence-corrected chi connectivity index (χ0v) is 12.4. The number of hydrogen-bond acceptors (Lipinski definition) is 4. The molecule has 2 rings (SSSR count). The van der Waals surface area contributed by atoms with Crippen LogP contribution in [0.4, 0.5) is 10.5 Å². The van der Waals surface area contributed by atoms with E-state index in [4.69, 9.17) is 4.84 Å². The van der Waals surface area contributed by atoms with Gasteiger partial charge in [0, 0.05) is 26.3 Å². The minimum atomic E-state index is -3.66. The third-order valence-corrected chi connectivity index (χ3v) is 4.97. The molecule has 1 heterocycles. The van der Waals surface area contributed by atoms with E-state index >= 15 is 0 Å². The number of rotatable bonds is 3. The molecule has 1 aromatic rings. The van der Waals surface area contributed by atoms with Crippen LogP contribution in [-0.4, -0.2) is 46.7 Å². The van der Waals surface area contributed by atoms with Crippen LogP contribution in [0.15, 0.2) is 23.1 Å².